The van der Waals surface area contributed by atoms with Gasteiger partial charge in [-0.25, -0.2) is 0 Å². The first-order chi connectivity index (χ1) is 9.58. The molecular weight excluding hydrogens is 295 g/mol. The molecule has 1 amide bonds. The maximum absolute atomic E-state index is 12.1. The van der Waals surface area contributed by atoms with E-state index < -0.39 is 0 Å². The SMILES string of the molecule is CC(Cc1ccccc1Cl)NC(=O)c1ccncc1Cl. The van der Waals surface area contributed by atoms with Crippen molar-refractivity contribution in [3.8, 4) is 0 Å². The summed E-state index contributed by atoms with van der Waals surface area (Å²) < 4.78 is 0. The van der Waals surface area contributed by atoms with E-state index in [9.17, 15) is 4.79 Å². The Kier molecular flexibility index (Phi) is 4.99. The van der Waals surface area contributed by atoms with Gasteiger partial charge in [0.2, 0.25) is 0 Å². The van der Waals surface area contributed by atoms with Gasteiger partial charge in [0.1, 0.15) is 0 Å². The average Bonchev–Trinajstić information content (AvgIpc) is 2.41. The van der Waals surface area contributed by atoms with Crippen LogP contribution in [-0.2, 0) is 6.42 Å². The molecule has 20 heavy (non-hydrogen) atoms. The van der Waals surface area contributed by atoms with Crippen LogP contribution in [-0.4, -0.2) is 16.9 Å². The molecule has 3 nitrogen and oxygen atoms in total. The monoisotopic (exact) mass is 308 g/mol. The van der Waals surface area contributed by atoms with Crippen molar-refractivity contribution in [2.75, 3.05) is 0 Å². The van der Waals surface area contributed by atoms with E-state index in [0.717, 1.165) is 5.56 Å². The van der Waals surface area contributed by atoms with Gasteiger partial charge in [-0.1, -0.05) is 41.4 Å². The molecule has 2 aromatic rings. The Morgan fingerprint density at radius 3 is 2.70 bits per heavy atom. The summed E-state index contributed by atoms with van der Waals surface area (Å²) >= 11 is 12.0. The highest BCUT2D eigenvalue weighted by Crippen LogP contribution is 2.17. The number of nitrogens with one attached hydrogen (secondary N) is 1. The van der Waals surface area contributed by atoms with Crippen molar-refractivity contribution in [1.82, 2.24) is 10.3 Å². The minimum absolute atomic E-state index is 0.0494. The van der Waals surface area contributed by atoms with Crippen LogP contribution < -0.4 is 5.32 Å². The molecular formula is C15H14Cl2N2O. The molecule has 1 aromatic carbocycles. The van der Waals surface area contributed by atoms with Crippen molar-refractivity contribution in [3.63, 3.8) is 0 Å². The lowest BCUT2D eigenvalue weighted by molar-refractivity contribution is 0.0940. The number of nitrogens with zero attached hydrogens (tertiary/aromatic N) is 1. The molecule has 1 heterocycles. The zero-order chi connectivity index (χ0) is 14.5. The second-order valence-electron chi connectivity index (χ2n) is 4.53. The first kappa shape index (κ1) is 14.8. The van der Waals surface area contributed by atoms with Crippen molar-refractivity contribution in [2.45, 2.75) is 19.4 Å². The number of rotatable bonds is 4. The zero-order valence-electron chi connectivity index (χ0n) is 10.9. The normalized spacial score (nSPS) is 11.9. The van der Waals surface area contributed by atoms with Crippen molar-refractivity contribution in [2.24, 2.45) is 0 Å². The summed E-state index contributed by atoms with van der Waals surface area (Å²) in [6.07, 6.45) is 3.66. The van der Waals surface area contributed by atoms with Gasteiger partial charge in [0, 0.05) is 23.5 Å². The van der Waals surface area contributed by atoms with Gasteiger partial charge in [0.15, 0.2) is 0 Å². The van der Waals surface area contributed by atoms with Crippen molar-refractivity contribution in [1.29, 1.82) is 0 Å². The molecule has 1 N–H and O–H groups in total. The molecule has 2 rings (SSSR count). The van der Waals surface area contributed by atoms with Crippen molar-refractivity contribution >= 4 is 29.1 Å². The highest BCUT2D eigenvalue weighted by atomic mass is 35.5. The van der Waals surface area contributed by atoms with E-state index in [2.05, 4.69) is 10.3 Å². The topological polar surface area (TPSA) is 42.0 Å². The quantitative estimate of drug-likeness (QED) is 0.934. The molecule has 0 bridgehead atoms. The van der Waals surface area contributed by atoms with Crippen LogP contribution in [0, 0.1) is 0 Å². The van der Waals surface area contributed by atoms with Crippen LogP contribution in [0.2, 0.25) is 10.0 Å². The van der Waals surface area contributed by atoms with Gasteiger partial charge in [0.25, 0.3) is 5.91 Å². The first-order valence-electron chi connectivity index (χ1n) is 6.21. The number of hydrogen-bond acceptors (Lipinski definition) is 2. The predicted molar refractivity (Wildman–Crippen MR) is 81.3 cm³/mol. The van der Waals surface area contributed by atoms with Gasteiger partial charge in [0.05, 0.1) is 10.6 Å². The third-order valence-electron chi connectivity index (χ3n) is 2.88. The van der Waals surface area contributed by atoms with Crippen LogP contribution in [0.3, 0.4) is 0 Å². The molecule has 5 heteroatoms. The van der Waals surface area contributed by atoms with Crippen LogP contribution in [0.1, 0.15) is 22.8 Å². The van der Waals surface area contributed by atoms with Crippen molar-refractivity contribution in [3.05, 3.63) is 63.9 Å². The maximum atomic E-state index is 12.1. The average molecular weight is 309 g/mol. The second-order valence-corrected chi connectivity index (χ2v) is 5.34. The first-order valence-corrected chi connectivity index (χ1v) is 6.97. The van der Waals surface area contributed by atoms with E-state index in [0.29, 0.717) is 22.0 Å². The van der Waals surface area contributed by atoms with Crippen molar-refractivity contribution < 1.29 is 4.79 Å². The van der Waals surface area contributed by atoms with Crippen LogP contribution in [0.25, 0.3) is 0 Å². The molecule has 0 aliphatic rings. The van der Waals surface area contributed by atoms with E-state index in [1.807, 2.05) is 31.2 Å². The van der Waals surface area contributed by atoms with E-state index in [1.165, 1.54) is 6.20 Å². The Balaban J connectivity index is 2.02. The molecule has 1 aromatic heterocycles. The predicted octanol–water partition coefficient (Wildman–Crippen LogP) is 3.75. The molecule has 1 atom stereocenters. The third kappa shape index (κ3) is 3.71. The maximum Gasteiger partial charge on any atom is 0.253 e. The fourth-order valence-corrected chi connectivity index (χ4v) is 2.32. The zero-order valence-corrected chi connectivity index (χ0v) is 12.4. The number of amides is 1. The molecule has 0 radical (unpaired) electrons. The fourth-order valence-electron chi connectivity index (χ4n) is 1.91. The molecule has 104 valence electrons. The van der Waals surface area contributed by atoms with E-state index in [4.69, 9.17) is 23.2 Å². The number of halogens is 2. The number of benzene rings is 1. The Hall–Kier alpha value is -1.58. The lowest BCUT2D eigenvalue weighted by Crippen LogP contribution is -2.34. The lowest BCUT2D eigenvalue weighted by Gasteiger charge is -2.15. The molecule has 0 fully saturated rings. The summed E-state index contributed by atoms with van der Waals surface area (Å²) in [6, 6.07) is 9.14. The molecule has 0 saturated heterocycles. The number of carbonyl (C=O) groups excluding carboxylic acids is 1. The highest BCUT2D eigenvalue weighted by molar-refractivity contribution is 6.33. The second kappa shape index (κ2) is 6.73. The van der Waals surface area contributed by atoms with Gasteiger partial charge in [-0.3, -0.25) is 9.78 Å². The lowest BCUT2D eigenvalue weighted by atomic mass is 10.1. The summed E-state index contributed by atoms with van der Waals surface area (Å²) in [5.41, 5.74) is 1.43. The fraction of sp³-hybridized carbons (Fsp3) is 0.200. The van der Waals surface area contributed by atoms with E-state index in [-0.39, 0.29) is 11.9 Å². The standard InChI is InChI=1S/C15H14Cl2N2O/c1-10(8-11-4-2-3-5-13(11)16)19-15(20)12-6-7-18-9-14(12)17/h2-7,9-10H,8H2,1H3,(H,19,20). The van der Waals surface area contributed by atoms with Crippen LogP contribution >= 0.6 is 23.2 Å². The smallest absolute Gasteiger partial charge is 0.253 e. The Labute approximate surface area is 127 Å². The summed E-state index contributed by atoms with van der Waals surface area (Å²) in [5, 5.41) is 3.95. The van der Waals surface area contributed by atoms with Gasteiger partial charge < -0.3 is 5.32 Å². The van der Waals surface area contributed by atoms with Crippen LogP contribution in [0.4, 0.5) is 0 Å². The van der Waals surface area contributed by atoms with Gasteiger partial charge >= 0.3 is 0 Å². The van der Waals surface area contributed by atoms with Crippen LogP contribution in [0.5, 0.6) is 0 Å². The summed E-state index contributed by atoms with van der Waals surface area (Å²) in [5.74, 6) is -0.211. The van der Waals surface area contributed by atoms with E-state index in [1.54, 1.807) is 12.3 Å². The molecule has 0 spiro atoms. The summed E-state index contributed by atoms with van der Waals surface area (Å²) in [6.45, 7) is 1.93. The Bertz CT molecular complexity index is 616. The molecule has 0 saturated carbocycles. The minimum atomic E-state index is -0.211. The Morgan fingerprint density at radius 1 is 1.25 bits per heavy atom. The summed E-state index contributed by atoms with van der Waals surface area (Å²) in [4.78, 5) is 16.0. The minimum Gasteiger partial charge on any atom is -0.349 e. The summed E-state index contributed by atoms with van der Waals surface area (Å²) in [7, 11) is 0. The number of hydrogen-bond donors (Lipinski definition) is 1. The largest absolute Gasteiger partial charge is 0.349 e. The number of pyridine rings is 1. The highest BCUT2D eigenvalue weighted by Gasteiger charge is 2.14. The van der Waals surface area contributed by atoms with Gasteiger partial charge in [-0.05, 0) is 31.0 Å². The molecule has 0 aliphatic carbocycles. The van der Waals surface area contributed by atoms with Crippen LogP contribution in [0.15, 0.2) is 42.7 Å². The number of carbonyl (C=O) groups is 1. The third-order valence-corrected chi connectivity index (χ3v) is 3.55. The molecule has 0 aliphatic heterocycles. The molecule has 1 unspecified atom stereocenters. The van der Waals surface area contributed by atoms with Gasteiger partial charge in [-0.15, -0.1) is 0 Å². The van der Waals surface area contributed by atoms with Gasteiger partial charge in [-0.2, -0.15) is 0 Å². The van der Waals surface area contributed by atoms with E-state index >= 15 is 0 Å². The number of aromatic nitrogens is 1. The Morgan fingerprint density at radius 2 is 2.00 bits per heavy atom.